The number of ketones is 1. The van der Waals surface area contributed by atoms with Gasteiger partial charge in [-0.25, -0.2) is 19.8 Å². The highest BCUT2D eigenvalue weighted by atomic mass is 79.9. The third-order valence-corrected chi connectivity index (χ3v) is 4.21. The van der Waals surface area contributed by atoms with Gasteiger partial charge in [-0.15, -0.1) is 0 Å². The van der Waals surface area contributed by atoms with Crippen molar-refractivity contribution < 1.29 is 14.7 Å². The molecule has 0 saturated heterocycles. The molecule has 2 aromatic carbocycles. The summed E-state index contributed by atoms with van der Waals surface area (Å²) in [7, 11) is 0. The number of halogens is 1. The van der Waals surface area contributed by atoms with Crippen LogP contribution >= 0.6 is 15.9 Å². The van der Waals surface area contributed by atoms with Crippen molar-refractivity contribution >= 4 is 38.7 Å². The summed E-state index contributed by atoms with van der Waals surface area (Å²) in [5.41, 5.74) is -1.07. The molecule has 0 bridgehead atoms. The van der Waals surface area contributed by atoms with Gasteiger partial charge in [0, 0.05) is 4.47 Å². The first-order valence-electron chi connectivity index (χ1n) is 6.98. The zero-order chi connectivity index (χ0) is 16.9. The number of carbonyl (C=O) groups is 2. The molecule has 3 aromatic rings. The van der Waals surface area contributed by atoms with E-state index in [0.29, 0.717) is 21.7 Å². The van der Waals surface area contributed by atoms with E-state index in [4.69, 9.17) is 0 Å². The van der Waals surface area contributed by atoms with Crippen LogP contribution in [0.25, 0.3) is 11.0 Å². The molecule has 1 aliphatic heterocycles. The van der Waals surface area contributed by atoms with Gasteiger partial charge >= 0.3 is 11.6 Å². The number of aromatic nitrogens is 2. The summed E-state index contributed by atoms with van der Waals surface area (Å²) in [5, 5.41) is 10.4. The van der Waals surface area contributed by atoms with Crippen molar-refractivity contribution in [2.45, 2.75) is 5.66 Å². The second kappa shape index (κ2) is 5.07. The average Bonchev–Trinajstić information content (AvgIpc) is 3.15. The lowest BCUT2D eigenvalue weighted by atomic mass is 10.1. The maximum atomic E-state index is 12.9. The molecule has 0 atom stereocenters. The Bertz CT molecular complexity index is 1100. The number of H-pyrrole nitrogens is 1. The number of hydrogen-bond acceptors (Lipinski definition) is 5. The van der Waals surface area contributed by atoms with Crippen molar-refractivity contribution in [1.29, 1.82) is 0 Å². The molecule has 4 rings (SSSR count). The smallest absolute Gasteiger partial charge is 0.363 e. The Balaban J connectivity index is 1.89. The molecule has 118 valence electrons. The predicted octanol–water partition coefficient (Wildman–Crippen LogP) is 1.24. The Morgan fingerprint density at radius 1 is 1.08 bits per heavy atom. The van der Waals surface area contributed by atoms with E-state index in [1.165, 1.54) is 0 Å². The normalized spacial score (nSPS) is 14.7. The number of imidazole rings is 1. The number of aromatic amines is 1. The molecule has 0 spiro atoms. The van der Waals surface area contributed by atoms with Gasteiger partial charge in [0.15, 0.2) is 5.82 Å². The van der Waals surface area contributed by atoms with Crippen LogP contribution in [0.1, 0.15) is 10.6 Å². The van der Waals surface area contributed by atoms with Crippen molar-refractivity contribution in [2.75, 3.05) is 0 Å². The number of para-hydroxylation sites is 2. The number of aliphatic carboxylic acids is 1. The topological polar surface area (TPSA) is 108 Å². The van der Waals surface area contributed by atoms with E-state index in [1.54, 1.807) is 42.5 Å². The molecule has 8 heteroatoms. The van der Waals surface area contributed by atoms with Gasteiger partial charge in [0.2, 0.25) is 0 Å². The van der Waals surface area contributed by atoms with E-state index < -0.39 is 17.4 Å². The van der Waals surface area contributed by atoms with Crippen molar-refractivity contribution in [3.05, 3.63) is 63.5 Å². The van der Waals surface area contributed by atoms with Crippen LogP contribution in [0.2, 0.25) is 0 Å². The van der Waals surface area contributed by atoms with Gasteiger partial charge in [-0.05, 0) is 30.3 Å². The number of carboxylic acid groups (broad SMARTS) is 1. The van der Waals surface area contributed by atoms with E-state index in [0.717, 1.165) is 4.47 Å². The van der Waals surface area contributed by atoms with Gasteiger partial charge in [0.25, 0.3) is 5.78 Å². The van der Waals surface area contributed by atoms with Crippen LogP contribution in [0.5, 0.6) is 0 Å². The highest BCUT2D eigenvalue weighted by Crippen LogP contribution is 2.23. The first-order valence-corrected chi connectivity index (χ1v) is 7.77. The van der Waals surface area contributed by atoms with Crippen LogP contribution in [0.15, 0.2) is 56.9 Å². The van der Waals surface area contributed by atoms with Gasteiger partial charge in [-0.3, -0.25) is 4.79 Å². The van der Waals surface area contributed by atoms with Crippen LogP contribution in [-0.4, -0.2) is 32.5 Å². The fourth-order valence-corrected chi connectivity index (χ4v) is 2.94. The van der Waals surface area contributed by atoms with Gasteiger partial charge in [-0.1, -0.05) is 28.1 Å². The molecule has 7 nitrogen and oxygen atoms in total. The maximum Gasteiger partial charge on any atom is 0.363 e. The lowest BCUT2D eigenvalue weighted by molar-refractivity contribution is -0.141. The number of nitrogens with one attached hydrogen (secondary N) is 1. The molecule has 0 unspecified atom stereocenters. The van der Waals surface area contributed by atoms with Crippen molar-refractivity contribution in [3.8, 4) is 0 Å². The van der Waals surface area contributed by atoms with E-state index >= 15 is 0 Å². The Morgan fingerprint density at radius 3 is 2.38 bits per heavy atom. The molecule has 1 aromatic heterocycles. The molecule has 1 aliphatic rings. The summed E-state index contributed by atoms with van der Waals surface area (Å²) >= 11 is 3.33. The number of rotatable bonds is 3. The monoisotopic (exact) mass is 384 g/mol. The van der Waals surface area contributed by atoms with Crippen molar-refractivity contribution in [1.82, 2.24) is 9.97 Å². The fourth-order valence-electron chi connectivity index (χ4n) is 2.58. The zero-order valence-corrected chi connectivity index (χ0v) is 13.6. The van der Waals surface area contributed by atoms with E-state index in [-0.39, 0.29) is 5.82 Å². The van der Waals surface area contributed by atoms with E-state index in [1.807, 2.05) is 0 Å². The Kier molecular flexibility index (Phi) is 3.10. The summed E-state index contributed by atoms with van der Waals surface area (Å²) in [4.78, 5) is 39.8. The molecule has 0 radical (unpaired) electrons. The standard InChI is InChI=1S/C16H9BrN4O3/c17-8-5-6-9-12(7-8)19-14(18-9)13(22)16(15(23)24)20-10-3-1-2-4-11(10)21-16/h1-7H,(H,18,19)(H,23,24). The molecule has 0 fully saturated rings. The number of hydrogen-bond donors (Lipinski definition) is 2. The van der Waals surface area contributed by atoms with Crippen LogP contribution in [0.4, 0.5) is 0 Å². The summed E-state index contributed by atoms with van der Waals surface area (Å²) in [6.07, 6.45) is 0. The maximum absolute atomic E-state index is 12.9. The number of benzene rings is 2. The predicted molar refractivity (Wildman–Crippen MR) is 87.2 cm³/mol. The zero-order valence-electron chi connectivity index (χ0n) is 12.0. The largest absolute Gasteiger partial charge is 0.478 e. The van der Waals surface area contributed by atoms with Crippen LogP contribution in [-0.2, 0) is 4.79 Å². The summed E-state index contributed by atoms with van der Waals surface area (Å²) in [5.74, 6) is -2.34. The number of carboxylic acids is 1. The lowest BCUT2D eigenvalue weighted by Gasteiger charge is -2.14. The molecular weight excluding hydrogens is 376 g/mol. The fraction of sp³-hybridized carbons (Fsp3) is 0.0625. The van der Waals surface area contributed by atoms with Gasteiger partial charge in [0.05, 0.1) is 21.7 Å². The summed E-state index contributed by atoms with van der Waals surface area (Å²) in [6.45, 7) is 0. The van der Waals surface area contributed by atoms with E-state index in [2.05, 4.69) is 35.9 Å². The first-order chi connectivity index (χ1) is 11.5. The molecule has 0 saturated carbocycles. The Morgan fingerprint density at radius 2 is 1.75 bits per heavy atom. The quantitative estimate of drug-likeness (QED) is 0.523. The van der Waals surface area contributed by atoms with E-state index in [9.17, 15) is 14.7 Å². The van der Waals surface area contributed by atoms with Gasteiger partial charge in [-0.2, -0.15) is 0 Å². The summed E-state index contributed by atoms with van der Waals surface area (Å²) in [6, 6.07) is 11.9. The second-order valence-corrected chi connectivity index (χ2v) is 6.18. The second-order valence-electron chi connectivity index (χ2n) is 5.27. The average molecular weight is 385 g/mol. The number of Topliss-reactive ketones (excluding diaryl/α,β-unsaturated/α-hetero) is 1. The number of carbonyl (C=O) groups excluding carboxylic acids is 1. The van der Waals surface area contributed by atoms with Crippen LogP contribution < -0.4 is 10.7 Å². The third kappa shape index (κ3) is 2.07. The Hall–Kier alpha value is -2.87. The molecule has 2 heterocycles. The third-order valence-electron chi connectivity index (χ3n) is 3.72. The molecule has 0 amide bonds. The molecule has 24 heavy (non-hydrogen) atoms. The number of nitrogens with zero attached hydrogens (tertiary/aromatic N) is 3. The minimum Gasteiger partial charge on any atom is -0.478 e. The lowest BCUT2D eigenvalue weighted by Crippen LogP contribution is -2.43. The van der Waals surface area contributed by atoms with Crippen molar-refractivity contribution in [2.24, 2.45) is 9.98 Å². The number of fused-ring (bicyclic) bond motifs is 2. The van der Waals surface area contributed by atoms with Crippen molar-refractivity contribution in [3.63, 3.8) is 0 Å². The minimum absolute atomic E-state index is 0.0918. The highest BCUT2D eigenvalue weighted by Gasteiger charge is 2.49. The molecule has 0 aliphatic carbocycles. The highest BCUT2D eigenvalue weighted by molar-refractivity contribution is 9.10. The van der Waals surface area contributed by atoms with Gasteiger partial charge in [0.1, 0.15) is 0 Å². The van der Waals surface area contributed by atoms with Crippen LogP contribution in [0.3, 0.4) is 0 Å². The molecular formula is C16H9BrN4O3. The summed E-state index contributed by atoms with van der Waals surface area (Å²) < 4.78 is 0.813. The SMILES string of the molecule is O=C(O)C1(C(=O)c2nc3ccc(Br)cc3[nH]2)N=c2ccccc2=N1. The minimum atomic E-state index is -2.24. The first kappa shape index (κ1) is 14.7. The van der Waals surface area contributed by atoms with Gasteiger partial charge < -0.3 is 10.1 Å². The molecule has 2 N–H and O–H groups in total. The Labute approximate surface area is 142 Å². The van der Waals surface area contributed by atoms with Crippen LogP contribution in [0, 0.1) is 0 Å².